The summed E-state index contributed by atoms with van der Waals surface area (Å²) in [6.07, 6.45) is 4.70. The van der Waals surface area contributed by atoms with E-state index in [0.717, 1.165) is 12.5 Å². The van der Waals surface area contributed by atoms with Crippen LogP contribution in [-0.2, 0) is 0 Å². The number of rotatable bonds is 2. The largest absolute Gasteiger partial charge is 0.401 e. The molecule has 0 aromatic carbocycles. The summed E-state index contributed by atoms with van der Waals surface area (Å²) in [6, 6.07) is 0. The van der Waals surface area contributed by atoms with Gasteiger partial charge in [-0.15, -0.1) is 0 Å². The standard InChI is InChI=1S/2C4H2ClN3O2/c5-4-3(8(9)10)1-6-2-7-4;5-3-4(8(9)10)7-2-1-6-3/h2*1-2H. The van der Waals surface area contributed by atoms with Crippen LogP contribution >= 0.6 is 23.2 Å². The average molecular weight is 319 g/mol. The maximum Gasteiger partial charge on any atom is 0.401 e. The van der Waals surface area contributed by atoms with E-state index in [4.69, 9.17) is 23.2 Å². The summed E-state index contributed by atoms with van der Waals surface area (Å²) in [4.78, 5) is 32.5. The van der Waals surface area contributed by atoms with Gasteiger partial charge in [0, 0.05) is 0 Å². The highest BCUT2D eigenvalue weighted by Crippen LogP contribution is 2.18. The lowest BCUT2D eigenvalue weighted by Crippen LogP contribution is -1.93. The lowest BCUT2D eigenvalue weighted by Gasteiger charge is -1.90. The molecular formula is C8H4Cl2N6O4. The van der Waals surface area contributed by atoms with Gasteiger partial charge in [0.2, 0.25) is 10.3 Å². The first-order valence-corrected chi connectivity index (χ1v) is 5.40. The fourth-order valence-electron chi connectivity index (χ4n) is 0.866. The minimum absolute atomic E-state index is 0.139. The zero-order valence-corrected chi connectivity index (χ0v) is 10.9. The van der Waals surface area contributed by atoms with Crippen molar-refractivity contribution in [1.29, 1.82) is 0 Å². The van der Waals surface area contributed by atoms with Crippen LogP contribution in [0.2, 0.25) is 10.3 Å². The van der Waals surface area contributed by atoms with Crippen LogP contribution in [0.3, 0.4) is 0 Å². The van der Waals surface area contributed by atoms with E-state index >= 15 is 0 Å². The zero-order chi connectivity index (χ0) is 15.1. The lowest BCUT2D eigenvalue weighted by molar-refractivity contribution is -0.389. The molecule has 2 rings (SSSR count). The van der Waals surface area contributed by atoms with Crippen molar-refractivity contribution in [2.75, 3.05) is 0 Å². The van der Waals surface area contributed by atoms with Crippen molar-refractivity contribution in [1.82, 2.24) is 19.9 Å². The van der Waals surface area contributed by atoms with Gasteiger partial charge in [-0.25, -0.2) is 15.0 Å². The Morgan fingerprint density at radius 2 is 1.60 bits per heavy atom. The monoisotopic (exact) mass is 318 g/mol. The Hall–Kier alpha value is -2.46. The third kappa shape index (κ3) is 4.33. The molecule has 0 fully saturated rings. The molecule has 10 nitrogen and oxygen atoms in total. The molecule has 104 valence electrons. The highest BCUT2D eigenvalue weighted by Gasteiger charge is 2.12. The van der Waals surface area contributed by atoms with Gasteiger partial charge in [-0.1, -0.05) is 23.2 Å². The van der Waals surface area contributed by atoms with Gasteiger partial charge >= 0.3 is 11.5 Å². The number of hydrogen-bond donors (Lipinski definition) is 0. The quantitative estimate of drug-likeness (QED) is 0.466. The van der Waals surface area contributed by atoms with Crippen LogP contribution in [0.1, 0.15) is 0 Å². The van der Waals surface area contributed by atoms with Crippen molar-refractivity contribution in [3.8, 4) is 0 Å². The number of halogens is 2. The third-order valence-electron chi connectivity index (χ3n) is 1.65. The van der Waals surface area contributed by atoms with E-state index in [9.17, 15) is 20.2 Å². The number of hydrogen-bond acceptors (Lipinski definition) is 8. The van der Waals surface area contributed by atoms with Gasteiger partial charge < -0.3 is 10.1 Å². The smallest absolute Gasteiger partial charge is 0.358 e. The van der Waals surface area contributed by atoms with E-state index in [1.54, 1.807) is 0 Å². The van der Waals surface area contributed by atoms with Gasteiger partial charge in [-0.3, -0.25) is 10.1 Å². The summed E-state index contributed by atoms with van der Waals surface area (Å²) in [6.45, 7) is 0. The maximum absolute atomic E-state index is 10.1. The Labute approximate surface area is 120 Å². The van der Waals surface area contributed by atoms with Gasteiger partial charge in [-0.2, -0.15) is 0 Å². The molecule has 0 aliphatic carbocycles. The van der Waals surface area contributed by atoms with Gasteiger partial charge in [-0.05, 0) is 9.91 Å². The molecule has 20 heavy (non-hydrogen) atoms. The summed E-state index contributed by atoms with van der Waals surface area (Å²) in [5.41, 5.74) is -0.274. The molecule has 2 aromatic rings. The fraction of sp³-hybridized carbons (Fsp3) is 0. The van der Waals surface area contributed by atoms with Crippen molar-refractivity contribution in [3.05, 3.63) is 55.5 Å². The van der Waals surface area contributed by atoms with Gasteiger partial charge in [0.15, 0.2) is 6.20 Å². The third-order valence-corrected chi connectivity index (χ3v) is 2.21. The van der Waals surface area contributed by atoms with Crippen LogP contribution in [0.4, 0.5) is 11.5 Å². The molecule has 0 radical (unpaired) electrons. The summed E-state index contributed by atoms with van der Waals surface area (Å²) in [5, 5.41) is 19.8. The van der Waals surface area contributed by atoms with E-state index < -0.39 is 15.7 Å². The molecule has 2 heterocycles. The first kappa shape index (κ1) is 15.6. The molecule has 0 bridgehead atoms. The van der Waals surface area contributed by atoms with Crippen LogP contribution in [0.25, 0.3) is 0 Å². The molecule has 0 aliphatic rings. The van der Waals surface area contributed by atoms with Crippen LogP contribution in [-0.4, -0.2) is 29.8 Å². The molecule has 0 spiro atoms. The molecule has 2 aromatic heterocycles. The second-order valence-corrected chi connectivity index (χ2v) is 3.60. The van der Waals surface area contributed by atoms with Crippen LogP contribution < -0.4 is 0 Å². The molecule has 0 aliphatic heterocycles. The molecular weight excluding hydrogens is 315 g/mol. The SMILES string of the molecule is O=[N+]([O-])c1cncnc1Cl.O=[N+]([O-])c1nccnc1Cl. The Kier molecular flexibility index (Phi) is 5.62. The van der Waals surface area contributed by atoms with Gasteiger partial charge in [0.05, 0.1) is 11.1 Å². The predicted octanol–water partition coefficient (Wildman–Crippen LogP) is 2.08. The van der Waals surface area contributed by atoms with Crippen LogP contribution in [0.15, 0.2) is 24.9 Å². The highest BCUT2D eigenvalue weighted by atomic mass is 35.5. The molecule has 0 N–H and O–H groups in total. The van der Waals surface area contributed by atoms with E-state index in [1.807, 2.05) is 0 Å². The second-order valence-electron chi connectivity index (χ2n) is 2.88. The Morgan fingerprint density at radius 3 is 2.00 bits per heavy atom. The van der Waals surface area contributed by atoms with Crippen molar-refractivity contribution >= 4 is 34.7 Å². The van der Waals surface area contributed by atoms with Crippen molar-refractivity contribution in [2.24, 2.45) is 0 Å². The Morgan fingerprint density at radius 1 is 0.950 bits per heavy atom. The molecule has 0 atom stereocenters. The summed E-state index contributed by atoms with van der Waals surface area (Å²) < 4.78 is 0. The summed E-state index contributed by atoms with van der Waals surface area (Å²) >= 11 is 10.6. The average Bonchev–Trinajstić information content (AvgIpc) is 2.40. The van der Waals surface area contributed by atoms with E-state index in [-0.39, 0.29) is 16.0 Å². The number of nitro groups is 2. The molecule has 0 saturated heterocycles. The second kappa shape index (κ2) is 7.21. The first-order chi connectivity index (χ1) is 9.43. The van der Waals surface area contributed by atoms with Gasteiger partial charge in [0.1, 0.15) is 12.5 Å². The minimum atomic E-state index is -0.685. The van der Waals surface area contributed by atoms with Crippen LogP contribution in [0, 0.1) is 20.2 Å². The molecule has 0 saturated carbocycles. The van der Waals surface area contributed by atoms with E-state index in [1.165, 1.54) is 12.4 Å². The Balaban J connectivity index is 0.000000200. The number of aromatic nitrogens is 4. The molecule has 0 unspecified atom stereocenters. The van der Waals surface area contributed by atoms with Crippen LogP contribution in [0.5, 0.6) is 0 Å². The first-order valence-electron chi connectivity index (χ1n) is 4.64. The Bertz CT molecular complexity index is 584. The van der Waals surface area contributed by atoms with Gasteiger partial charge in [0.25, 0.3) is 0 Å². The lowest BCUT2D eigenvalue weighted by atomic mass is 10.6. The van der Waals surface area contributed by atoms with E-state index in [2.05, 4.69) is 19.9 Å². The summed E-state index contributed by atoms with van der Waals surface area (Å²) in [7, 11) is 0. The normalized spacial score (nSPS) is 9.30. The molecule has 12 heteroatoms. The topological polar surface area (TPSA) is 138 Å². The summed E-state index contributed by atoms with van der Waals surface area (Å²) in [5.74, 6) is -0.413. The van der Waals surface area contributed by atoms with Crippen molar-refractivity contribution in [3.63, 3.8) is 0 Å². The van der Waals surface area contributed by atoms with E-state index in [0.29, 0.717) is 0 Å². The predicted molar refractivity (Wildman–Crippen MR) is 67.4 cm³/mol. The minimum Gasteiger partial charge on any atom is -0.358 e. The number of nitrogens with zero attached hydrogens (tertiary/aromatic N) is 6. The molecule has 0 amide bonds. The van der Waals surface area contributed by atoms with Crippen molar-refractivity contribution in [2.45, 2.75) is 0 Å². The zero-order valence-electron chi connectivity index (χ0n) is 9.38. The highest BCUT2D eigenvalue weighted by molar-refractivity contribution is 6.31. The van der Waals surface area contributed by atoms with Crippen molar-refractivity contribution < 1.29 is 9.85 Å². The maximum atomic E-state index is 10.1. The fourth-order valence-corrected chi connectivity index (χ4v) is 1.20.